The summed E-state index contributed by atoms with van der Waals surface area (Å²) in [6, 6.07) is 16.2. The molecule has 2 aliphatic heterocycles. The molecule has 3 heterocycles. The number of hydrogen-bond donors (Lipinski definition) is 0. The van der Waals surface area contributed by atoms with Crippen LogP contribution >= 0.6 is 11.8 Å². The Balaban J connectivity index is 1.23. The van der Waals surface area contributed by atoms with Crippen LogP contribution in [0.4, 0.5) is 0 Å². The second-order valence-electron chi connectivity index (χ2n) is 9.15. The molecule has 0 saturated carbocycles. The lowest BCUT2D eigenvalue weighted by Crippen LogP contribution is -2.47. The number of rotatable bonds is 8. The zero-order valence-corrected chi connectivity index (χ0v) is 21.6. The number of carbonyl (C=O) groups excluding carboxylic acids is 1. The van der Waals surface area contributed by atoms with E-state index >= 15 is 0 Å². The normalized spacial score (nSPS) is 17.0. The van der Waals surface area contributed by atoms with E-state index in [1.54, 1.807) is 18.9 Å². The largest absolute Gasteiger partial charge is 0.497 e. The van der Waals surface area contributed by atoms with Gasteiger partial charge in [0.2, 0.25) is 5.91 Å². The molecule has 0 atom stereocenters. The number of likely N-dealkylation sites (tertiary alicyclic amines) is 1. The van der Waals surface area contributed by atoms with Crippen LogP contribution in [0.2, 0.25) is 0 Å². The molecule has 2 aromatic carbocycles. The fraction of sp³-hybridized carbons (Fsp3) is 0.444. The first-order valence-corrected chi connectivity index (χ1v) is 13.4. The van der Waals surface area contributed by atoms with Gasteiger partial charge in [0.15, 0.2) is 16.8 Å². The van der Waals surface area contributed by atoms with E-state index in [1.165, 1.54) is 5.56 Å². The maximum absolute atomic E-state index is 12.8. The van der Waals surface area contributed by atoms with E-state index in [0.29, 0.717) is 32.7 Å². The zero-order chi connectivity index (χ0) is 25.0. The Bertz CT molecular complexity index is 1180. The fourth-order valence-electron chi connectivity index (χ4n) is 4.67. The standard InChI is InChI=1S/C27H32N4O4S/c1-20-8-10-22(11-9-20)31-25(21-5-3-6-23(19-21)33-2)28-29-26(31)36-18-4-7-24(32)30-14-12-27(13-15-30)34-16-17-35-27/h3,5-6,8-11,19H,4,7,12-18H2,1-2H3. The summed E-state index contributed by atoms with van der Waals surface area (Å²) in [6.45, 7) is 4.76. The van der Waals surface area contributed by atoms with Crippen LogP contribution < -0.4 is 4.74 Å². The Morgan fingerprint density at radius 3 is 2.56 bits per heavy atom. The van der Waals surface area contributed by atoms with Crippen LogP contribution in [0.5, 0.6) is 5.75 Å². The molecule has 36 heavy (non-hydrogen) atoms. The molecule has 0 N–H and O–H groups in total. The average Bonchev–Trinajstić information content (AvgIpc) is 3.55. The molecule has 1 amide bonds. The van der Waals surface area contributed by atoms with Crippen LogP contribution in [0.15, 0.2) is 53.7 Å². The highest BCUT2D eigenvalue weighted by atomic mass is 32.2. The van der Waals surface area contributed by atoms with E-state index in [9.17, 15) is 4.79 Å². The monoisotopic (exact) mass is 508 g/mol. The predicted molar refractivity (Wildman–Crippen MR) is 138 cm³/mol. The maximum Gasteiger partial charge on any atom is 0.222 e. The molecule has 3 aromatic rings. The van der Waals surface area contributed by atoms with Gasteiger partial charge in [0.1, 0.15) is 5.75 Å². The van der Waals surface area contributed by atoms with Gasteiger partial charge in [0.05, 0.1) is 20.3 Å². The SMILES string of the molecule is COc1cccc(-c2nnc(SCCCC(=O)N3CCC4(CC3)OCCO4)n2-c2ccc(C)cc2)c1. The molecule has 0 aliphatic carbocycles. The van der Waals surface area contributed by atoms with Gasteiger partial charge in [-0.2, -0.15) is 0 Å². The van der Waals surface area contributed by atoms with Gasteiger partial charge in [-0.25, -0.2) is 0 Å². The lowest BCUT2D eigenvalue weighted by Gasteiger charge is -2.37. The molecule has 0 bridgehead atoms. The van der Waals surface area contributed by atoms with Crippen molar-refractivity contribution in [2.45, 2.75) is 43.6 Å². The molecule has 0 radical (unpaired) electrons. The van der Waals surface area contributed by atoms with Crippen LogP contribution in [-0.2, 0) is 14.3 Å². The van der Waals surface area contributed by atoms with Crippen molar-refractivity contribution in [1.82, 2.24) is 19.7 Å². The molecular weight excluding hydrogens is 476 g/mol. The molecule has 9 heteroatoms. The Hall–Kier alpha value is -2.88. The Morgan fingerprint density at radius 1 is 1.08 bits per heavy atom. The van der Waals surface area contributed by atoms with Crippen molar-refractivity contribution < 1.29 is 19.0 Å². The third-order valence-electron chi connectivity index (χ3n) is 6.71. The Kier molecular flexibility index (Phi) is 7.59. The van der Waals surface area contributed by atoms with Crippen molar-refractivity contribution in [1.29, 1.82) is 0 Å². The molecule has 190 valence electrons. The van der Waals surface area contributed by atoms with Crippen molar-refractivity contribution in [2.75, 3.05) is 39.2 Å². The molecule has 0 unspecified atom stereocenters. The maximum atomic E-state index is 12.8. The summed E-state index contributed by atoms with van der Waals surface area (Å²) in [5, 5.41) is 9.83. The van der Waals surface area contributed by atoms with E-state index in [4.69, 9.17) is 14.2 Å². The minimum absolute atomic E-state index is 0.195. The highest BCUT2D eigenvalue weighted by molar-refractivity contribution is 7.99. The average molecular weight is 509 g/mol. The van der Waals surface area contributed by atoms with Gasteiger partial charge in [-0.15, -0.1) is 10.2 Å². The number of hydrogen-bond acceptors (Lipinski definition) is 7. The highest BCUT2D eigenvalue weighted by Gasteiger charge is 2.40. The second kappa shape index (κ2) is 11.0. The minimum Gasteiger partial charge on any atom is -0.497 e. The lowest BCUT2D eigenvalue weighted by atomic mass is 10.0. The van der Waals surface area contributed by atoms with Crippen molar-refractivity contribution in [3.05, 3.63) is 54.1 Å². The van der Waals surface area contributed by atoms with Gasteiger partial charge < -0.3 is 19.1 Å². The highest BCUT2D eigenvalue weighted by Crippen LogP contribution is 2.32. The third-order valence-corrected chi connectivity index (χ3v) is 7.73. The van der Waals surface area contributed by atoms with Crippen LogP contribution in [0.3, 0.4) is 0 Å². The van der Waals surface area contributed by atoms with E-state index < -0.39 is 5.79 Å². The first-order chi connectivity index (χ1) is 17.6. The third kappa shape index (κ3) is 5.43. The molecule has 5 rings (SSSR count). The first-order valence-electron chi connectivity index (χ1n) is 12.4. The first kappa shape index (κ1) is 24.8. The summed E-state index contributed by atoms with van der Waals surface area (Å²) in [5.41, 5.74) is 3.13. The summed E-state index contributed by atoms with van der Waals surface area (Å²) in [5.74, 6) is 2.05. The Labute approximate surface area is 215 Å². The number of carbonyl (C=O) groups is 1. The second-order valence-corrected chi connectivity index (χ2v) is 10.2. The quantitative estimate of drug-likeness (QED) is 0.328. The van der Waals surface area contributed by atoms with E-state index in [-0.39, 0.29) is 5.91 Å². The van der Waals surface area contributed by atoms with Gasteiger partial charge in [-0.1, -0.05) is 41.6 Å². The summed E-state index contributed by atoms with van der Waals surface area (Å²) in [7, 11) is 1.66. The van der Waals surface area contributed by atoms with Gasteiger partial charge in [0.25, 0.3) is 0 Å². The van der Waals surface area contributed by atoms with Gasteiger partial charge in [-0.3, -0.25) is 9.36 Å². The van der Waals surface area contributed by atoms with Crippen LogP contribution in [0.25, 0.3) is 17.1 Å². The van der Waals surface area contributed by atoms with Crippen molar-refractivity contribution >= 4 is 17.7 Å². The predicted octanol–water partition coefficient (Wildman–Crippen LogP) is 4.49. The smallest absolute Gasteiger partial charge is 0.222 e. The van der Waals surface area contributed by atoms with Crippen LogP contribution in [0, 0.1) is 6.92 Å². The molecule has 2 saturated heterocycles. The topological polar surface area (TPSA) is 78.7 Å². The number of nitrogens with zero attached hydrogens (tertiary/aromatic N) is 4. The summed E-state index contributed by atoms with van der Waals surface area (Å²) in [4.78, 5) is 14.7. The molecule has 2 aliphatic rings. The zero-order valence-electron chi connectivity index (χ0n) is 20.8. The number of piperidine rings is 1. The van der Waals surface area contributed by atoms with Gasteiger partial charge in [0, 0.05) is 49.4 Å². The number of amides is 1. The summed E-state index contributed by atoms with van der Waals surface area (Å²) in [6.07, 6.45) is 2.79. The fourth-order valence-corrected chi connectivity index (χ4v) is 5.56. The van der Waals surface area contributed by atoms with E-state index in [2.05, 4.69) is 46.0 Å². The molecule has 1 aromatic heterocycles. The Morgan fingerprint density at radius 2 is 1.83 bits per heavy atom. The van der Waals surface area contributed by atoms with Crippen molar-refractivity contribution in [3.63, 3.8) is 0 Å². The minimum atomic E-state index is -0.451. The van der Waals surface area contributed by atoms with Crippen LogP contribution in [0.1, 0.15) is 31.2 Å². The number of aromatic nitrogens is 3. The number of ether oxygens (including phenoxy) is 3. The summed E-state index contributed by atoms with van der Waals surface area (Å²) < 4.78 is 19.0. The molecular formula is C27H32N4O4S. The van der Waals surface area contributed by atoms with Crippen molar-refractivity contribution in [3.8, 4) is 22.8 Å². The van der Waals surface area contributed by atoms with E-state index in [1.807, 2.05) is 29.2 Å². The number of benzene rings is 2. The summed E-state index contributed by atoms with van der Waals surface area (Å²) >= 11 is 1.62. The van der Waals surface area contributed by atoms with Crippen molar-refractivity contribution in [2.24, 2.45) is 0 Å². The van der Waals surface area contributed by atoms with Gasteiger partial charge >= 0.3 is 0 Å². The van der Waals surface area contributed by atoms with Crippen LogP contribution in [-0.4, -0.2) is 70.5 Å². The molecule has 8 nitrogen and oxygen atoms in total. The number of aryl methyl sites for hydroxylation is 1. The van der Waals surface area contributed by atoms with Gasteiger partial charge in [-0.05, 0) is 37.6 Å². The number of thioether (sulfide) groups is 1. The molecule has 1 spiro atoms. The van der Waals surface area contributed by atoms with E-state index in [0.717, 1.165) is 53.0 Å². The molecule has 2 fully saturated rings. The lowest BCUT2D eigenvalue weighted by molar-refractivity contribution is -0.187. The number of methoxy groups -OCH3 is 1.